The smallest absolute Gasteiger partial charge is 0.122 e. The lowest BCUT2D eigenvalue weighted by Gasteiger charge is -2.24. The number of benzene rings is 1. The topological polar surface area (TPSA) is 21.3 Å². The molecule has 1 aromatic rings. The van der Waals surface area contributed by atoms with Crippen molar-refractivity contribution in [3.05, 3.63) is 29.3 Å². The maximum Gasteiger partial charge on any atom is 0.122 e. The maximum absolute atomic E-state index is 5.56. The van der Waals surface area contributed by atoms with Crippen molar-refractivity contribution in [3.8, 4) is 5.75 Å². The summed E-state index contributed by atoms with van der Waals surface area (Å²) in [7, 11) is 0. The van der Waals surface area contributed by atoms with E-state index < -0.39 is 0 Å². The van der Waals surface area contributed by atoms with Gasteiger partial charge in [0.15, 0.2) is 0 Å². The third-order valence-electron chi connectivity index (χ3n) is 4.14. The molecule has 3 heteroatoms. The Kier molecular flexibility index (Phi) is 4.34. The molecule has 1 fully saturated rings. The molecular formula is C16H23NOS. The third kappa shape index (κ3) is 3.26. The van der Waals surface area contributed by atoms with Crippen LogP contribution < -0.4 is 10.1 Å². The fourth-order valence-electron chi connectivity index (χ4n) is 2.87. The van der Waals surface area contributed by atoms with Gasteiger partial charge >= 0.3 is 0 Å². The van der Waals surface area contributed by atoms with Crippen LogP contribution in [0.1, 0.15) is 43.4 Å². The molecule has 2 atom stereocenters. The lowest BCUT2D eigenvalue weighted by molar-refractivity contribution is 0.356. The molecule has 19 heavy (non-hydrogen) atoms. The van der Waals surface area contributed by atoms with E-state index in [4.69, 9.17) is 4.74 Å². The van der Waals surface area contributed by atoms with Crippen molar-refractivity contribution in [2.75, 3.05) is 18.9 Å². The fourth-order valence-corrected chi connectivity index (χ4v) is 4.12. The monoisotopic (exact) mass is 277 g/mol. The molecule has 1 N–H and O–H groups in total. The molecule has 0 spiro atoms. The van der Waals surface area contributed by atoms with Crippen molar-refractivity contribution in [1.29, 1.82) is 0 Å². The molecule has 0 amide bonds. The van der Waals surface area contributed by atoms with Crippen LogP contribution >= 0.6 is 11.8 Å². The van der Waals surface area contributed by atoms with E-state index in [-0.39, 0.29) is 0 Å². The van der Waals surface area contributed by atoms with Crippen LogP contribution in [0.3, 0.4) is 0 Å². The molecule has 0 bridgehead atoms. The maximum atomic E-state index is 5.56. The van der Waals surface area contributed by atoms with Crippen LogP contribution in [0, 0.1) is 0 Å². The van der Waals surface area contributed by atoms with Gasteiger partial charge in [-0.15, -0.1) is 0 Å². The highest BCUT2D eigenvalue weighted by atomic mass is 32.2. The van der Waals surface area contributed by atoms with Gasteiger partial charge in [0.2, 0.25) is 0 Å². The second-order valence-electron chi connectivity index (χ2n) is 5.58. The number of hydrogen-bond acceptors (Lipinski definition) is 3. The van der Waals surface area contributed by atoms with Crippen LogP contribution in [-0.4, -0.2) is 24.2 Å². The molecular weight excluding hydrogens is 254 g/mol. The Labute approximate surface area is 120 Å². The van der Waals surface area contributed by atoms with E-state index in [1.54, 1.807) is 0 Å². The second kappa shape index (κ2) is 6.19. The van der Waals surface area contributed by atoms with Crippen LogP contribution in [0.25, 0.3) is 0 Å². The van der Waals surface area contributed by atoms with Gasteiger partial charge in [-0.2, -0.15) is 11.8 Å². The van der Waals surface area contributed by atoms with E-state index >= 15 is 0 Å². The van der Waals surface area contributed by atoms with Crippen LogP contribution in [0.15, 0.2) is 18.2 Å². The van der Waals surface area contributed by atoms with E-state index in [0.29, 0.717) is 6.04 Å². The zero-order valence-corrected chi connectivity index (χ0v) is 12.5. The highest BCUT2D eigenvalue weighted by Crippen LogP contribution is 2.29. The van der Waals surface area contributed by atoms with Gasteiger partial charge in [-0.1, -0.05) is 18.6 Å². The van der Waals surface area contributed by atoms with Gasteiger partial charge in [-0.25, -0.2) is 0 Å². The summed E-state index contributed by atoms with van der Waals surface area (Å²) >= 11 is 2.14. The van der Waals surface area contributed by atoms with Crippen LogP contribution in [0.4, 0.5) is 0 Å². The summed E-state index contributed by atoms with van der Waals surface area (Å²) in [5.41, 5.74) is 2.77. The molecule has 2 unspecified atom stereocenters. The minimum atomic E-state index is 0.438. The number of thioether (sulfide) groups is 1. The van der Waals surface area contributed by atoms with Gasteiger partial charge in [0, 0.05) is 24.3 Å². The SMILES string of the molecule is CC(NCC1CCCCS1)c1ccc2c(c1)CCO2. The second-order valence-corrected chi connectivity index (χ2v) is 6.99. The Hall–Kier alpha value is -0.670. The minimum Gasteiger partial charge on any atom is -0.493 e. The van der Waals surface area contributed by atoms with Crippen molar-refractivity contribution >= 4 is 11.8 Å². The lowest BCUT2D eigenvalue weighted by Crippen LogP contribution is -2.29. The number of fused-ring (bicyclic) bond motifs is 1. The molecule has 2 aliphatic rings. The quantitative estimate of drug-likeness (QED) is 0.909. The minimum absolute atomic E-state index is 0.438. The molecule has 3 rings (SSSR count). The first-order valence-corrected chi connectivity index (χ1v) is 8.48. The molecule has 104 valence electrons. The van der Waals surface area contributed by atoms with Crippen LogP contribution in [-0.2, 0) is 6.42 Å². The number of rotatable bonds is 4. The zero-order valence-electron chi connectivity index (χ0n) is 11.7. The molecule has 2 aliphatic heterocycles. The average Bonchev–Trinajstić information content (AvgIpc) is 2.93. The van der Waals surface area contributed by atoms with Gasteiger partial charge in [-0.05, 0) is 42.7 Å². The van der Waals surface area contributed by atoms with Gasteiger partial charge in [0.25, 0.3) is 0 Å². The summed E-state index contributed by atoms with van der Waals surface area (Å²) in [5.74, 6) is 2.43. The molecule has 2 nitrogen and oxygen atoms in total. The standard InChI is InChI=1S/C16H23NOS/c1-12(17-11-15-4-2-3-9-19-15)13-5-6-16-14(10-13)7-8-18-16/h5-6,10,12,15,17H,2-4,7-9,11H2,1H3. The lowest BCUT2D eigenvalue weighted by atomic mass is 10.0. The van der Waals surface area contributed by atoms with E-state index in [2.05, 4.69) is 42.2 Å². The first kappa shape index (κ1) is 13.3. The highest BCUT2D eigenvalue weighted by Gasteiger charge is 2.17. The van der Waals surface area contributed by atoms with Crippen molar-refractivity contribution < 1.29 is 4.74 Å². The Balaban J connectivity index is 1.56. The van der Waals surface area contributed by atoms with Crippen molar-refractivity contribution in [2.24, 2.45) is 0 Å². The Morgan fingerprint density at radius 2 is 2.37 bits per heavy atom. The predicted molar refractivity (Wildman–Crippen MR) is 82.2 cm³/mol. The fraction of sp³-hybridized carbons (Fsp3) is 0.625. The molecule has 0 radical (unpaired) electrons. The largest absolute Gasteiger partial charge is 0.493 e. The molecule has 0 aromatic heterocycles. The Morgan fingerprint density at radius 3 is 3.21 bits per heavy atom. The number of nitrogens with one attached hydrogen (secondary N) is 1. The average molecular weight is 277 g/mol. The predicted octanol–water partition coefficient (Wildman–Crippen LogP) is 3.56. The summed E-state index contributed by atoms with van der Waals surface area (Å²) in [5, 5.41) is 4.51. The van der Waals surface area contributed by atoms with Crippen LogP contribution in [0.5, 0.6) is 5.75 Å². The van der Waals surface area contributed by atoms with Gasteiger partial charge in [0.1, 0.15) is 5.75 Å². The molecule has 1 aromatic carbocycles. The molecule has 0 aliphatic carbocycles. The van der Waals surface area contributed by atoms with Crippen molar-refractivity contribution in [1.82, 2.24) is 5.32 Å². The van der Waals surface area contributed by atoms with E-state index in [1.807, 2.05) is 0 Å². The first-order valence-electron chi connectivity index (χ1n) is 7.43. The Morgan fingerprint density at radius 1 is 1.42 bits per heavy atom. The molecule has 0 saturated carbocycles. The van der Waals surface area contributed by atoms with E-state index in [1.165, 1.54) is 36.1 Å². The van der Waals surface area contributed by atoms with Gasteiger partial charge in [-0.3, -0.25) is 0 Å². The van der Waals surface area contributed by atoms with Crippen molar-refractivity contribution in [3.63, 3.8) is 0 Å². The summed E-state index contributed by atoms with van der Waals surface area (Å²) in [6.45, 7) is 4.25. The normalized spacial score (nSPS) is 23.7. The van der Waals surface area contributed by atoms with E-state index in [0.717, 1.165) is 30.6 Å². The highest BCUT2D eigenvalue weighted by molar-refractivity contribution is 7.99. The third-order valence-corrected chi connectivity index (χ3v) is 5.54. The summed E-state index contributed by atoms with van der Waals surface area (Å²) in [6, 6.07) is 7.09. The molecule has 2 heterocycles. The first-order chi connectivity index (χ1) is 9.33. The summed E-state index contributed by atoms with van der Waals surface area (Å²) < 4.78 is 5.56. The zero-order chi connectivity index (χ0) is 13.1. The van der Waals surface area contributed by atoms with Crippen molar-refractivity contribution in [2.45, 2.75) is 43.9 Å². The Bertz CT molecular complexity index is 429. The van der Waals surface area contributed by atoms with Gasteiger partial charge < -0.3 is 10.1 Å². The van der Waals surface area contributed by atoms with Gasteiger partial charge in [0.05, 0.1) is 6.61 Å². The summed E-state index contributed by atoms with van der Waals surface area (Å²) in [6.07, 6.45) is 5.25. The number of hydrogen-bond donors (Lipinski definition) is 1. The van der Waals surface area contributed by atoms with Crippen LogP contribution in [0.2, 0.25) is 0 Å². The number of ether oxygens (including phenoxy) is 1. The summed E-state index contributed by atoms with van der Waals surface area (Å²) in [4.78, 5) is 0. The molecule has 1 saturated heterocycles. The van der Waals surface area contributed by atoms with E-state index in [9.17, 15) is 0 Å².